The molecule has 4 nitrogen and oxygen atoms in total. The molecule has 1 aliphatic rings. The van der Waals surface area contributed by atoms with E-state index in [1.165, 1.54) is 4.90 Å². The zero-order chi connectivity index (χ0) is 18.4. The largest absolute Gasteiger partial charge is 0.385 e. The summed E-state index contributed by atoms with van der Waals surface area (Å²) in [6, 6.07) is 20.4. The Morgan fingerprint density at radius 1 is 0.962 bits per heavy atom. The molecule has 1 fully saturated rings. The summed E-state index contributed by atoms with van der Waals surface area (Å²) < 4.78 is 12.0. The Kier molecular flexibility index (Phi) is 6.80. The minimum Gasteiger partial charge on any atom is -0.385 e. The highest BCUT2D eigenvalue weighted by Gasteiger charge is 2.27. The topological polar surface area (TPSA) is 43.1 Å². The monoisotopic (exact) mass is 356 g/mol. The normalized spacial score (nSPS) is 24.5. The number of benzene rings is 2. The summed E-state index contributed by atoms with van der Waals surface area (Å²) in [5.74, 6) is 0. The third-order valence-corrected chi connectivity index (χ3v) is 4.80. The lowest BCUT2D eigenvalue weighted by molar-refractivity contribution is -0.918. The number of aliphatic hydroxyl groups excluding tert-OH is 1. The fraction of sp³-hybridized carbons (Fsp3) is 0.455. The van der Waals surface area contributed by atoms with Crippen molar-refractivity contribution in [3.05, 3.63) is 71.8 Å². The average molecular weight is 356 g/mol. The van der Waals surface area contributed by atoms with Crippen molar-refractivity contribution >= 4 is 0 Å². The van der Waals surface area contributed by atoms with E-state index in [9.17, 15) is 5.11 Å². The third kappa shape index (κ3) is 5.39. The Morgan fingerprint density at radius 3 is 1.96 bits per heavy atom. The Labute approximate surface area is 156 Å². The molecule has 3 atom stereocenters. The molecule has 140 valence electrons. The van der Waals surface area contributed by atoms with Crippen LogP contribution in [0.4, 0.5) is 0 Å². The van der Waals surface area contributed by atoms with E-state index in [4.69, 9.17) is 9.47 Å². The molecule has 0 bridgehead atoms. The van der Waals surface area contributed by atoms with Crippen molar-refractivity contribution in [2.45, 2.75) is 38.3 Å². The second-order valence-corrected chi connectivity index (χ2v) is 7.31. The van der Waals surface area contributed by atoms with Crippen LogP contribution in [0.25, 0.3) is 0 Å². The Balaban J connectivity index is 1.61. The molecule has 1 saturated heterocycles. The molecular weight excluding hydrogens is 326 g/mol. The van der Waals surface area contributed by atoms with Crippen LogP contribution in [0, 0.1) is 0 Å². The maximum absolute atomic E-state index is 10.5. The summed E-state index contributed by atoms with van der Waals surface area (Å²) in [5.41, 5.74) is 2.21. The van der Waals surface area contributed by atoms with Gasteiger partial charge in [0, 0.05) is 0 Å². The smallest absolute Gasteiger partial charge is 0.126 e. The van der Waals surface area contributed by atoms with E-state index in [2.05, 4.69) is 38.1 Å². The second kappa shape index (κ2) is 9.28. The molecule has 3 rings (SSSR count). The lowest BCUT2D eigenvalue weighted by Gasteiger charge is -2.33. The van der Waals surface area contributed by atoms with Gasteiger partial charge in [-0.1, -0.05) is 60.7 Å². The zero-order valence-electron chi connectivity index (χ0n) is 15.7. The van der Waals surface area contributed by atoms with E-state index in [1.54, 1.807) is 0 Å². The molecule has 0 aliphatic carbocycles. The molecule has 0 saturated carbocycles. The van der Waals surface area contributed by atoms with Crippen LogP contribution in [-0.2, 0) is 9.47 Å². The Bertz CT molecular complexity index is 599. The van der Waals surface area contributed by atoms with Gasteiger partial charge in [0.1, 0.15) is 44.1 Å². The van der Waals surface area contributed by atoms with Crippen molar-refractivity contribution < 1.29 is 19.5 Å². The van der Waals surface area contributed by atoms with Crippen LogP contribution in [0.5, 0.6) is 0 Å². The molecule has 0 amide bonds. The first-order valence-corrected chi connectivity index (χ1v) is 9.50. The standard InChI is InChI=1S/C22H29NO3/c1-17-13-23(14-18(2)26-17)15-21(24)16-25-22(19-9-5-3-6-10-19)20-11-7-4-8-12-20/h3-12,17-18,21-22,24H,13-16H2,1-2H3/p+1/t17-,18-,21-/m0/s1. The highest BCUT2D eigenvalue weighted by molar-refractivity contribution is 5.29. The van der Waals surface area contributed by atoms with E-state index in [1.807, 2.05) is 36.4 Å². The minimum atomic E-state index is -0.488. The Morgan fingerprint density at radius 2 is 1.46 bits per heavy atom. The van der Waals surface area contributed by atoms with Gasteiger partial charge in [-0.2, -0.15) is 0 Å². The number of aliphatic hydroxyl groups is 1. The fourth-order valence-corrected chi connectivity index (χ4v) is 3.80. The van der Waals surface area contributed by atoms with Crippen molar-refractivity contribution in [2.24, 2.45) is 0 Å². The molecular formula is C22H30NO3+. The van der Waals surface area contributed by atoms with Gasteiger partial charge in [0.25, 0.3) is 0 Å². The summed E-state index contributed by atoms with van der Waals surface area (Å²) in [6.45, 7) is 7.07. The summed E-state index contributed by atoms with van der Waals surface area (Å²) >= 11 is 0. The second-order valence-electron chi connectivity index (χ2n) is 7.31. The number of ether oxygens (including phenoxy) is 2. The van der Waals surface area contributed by atoms with E-state index in [0.29, 0.717) is 13.2 Å². The molecule has 2 aromatic carbocycles. The number of rotatable bonds is 7. The van der Waals surface area contributed by atoms with Gasteiger partial charge >= 0.3 is 0 Å². The highest BCUT2D eigenvalue weighted by atomic mass is 16.5. The van der Waals surface area contributed by atoms with E-state index < -0.39 is 6.10 Å². The van der Waals surface area contributed by atoms with E-state index in [-0.39, 0.29) is 18.3 Å². The molecule has 2 N–H and O–H groups in total. The molecule has 0 spiro atoms. The first-order valence-electron chi connectivity index (χ1n) is 9.50. The predicted octanol–water partition coefficient (Wildman–Crippen LogP) is 1.85. The van der Waals surface area contributed by atoms with Gasteiger partial charge in [0.15, 0.2) is 0 Å². The average Bonchev–Trinajstić information content (AvgIpc) is 2.63. The van der Waals surface area contributed by atoms with Crippen LogP contribution >= 0.6 is 0 Å². The summed E-state index contributed by atoms with van der Waals surface area (Å²) in [4.78, 5) is 1.38. The van der Waals surface area contributed by atoms with Crippen LogP contribution in [0.15, 0.2) is 60.7 Å². The molecule has 1 aliphatic heterocycles. The minimum absolute atomic E-state index is 0.162. The van der Waals surface area contributed by atoms with Crippen LogP contribution < -0.4 is 4.90 Å². The zero-order valence-corrected chi connectivity index (χ0v) is 15.7. The van der Waals surface area contributed by atoms with Crippen molar-refractivity contribution in [2.75, 3.05) is 26.2 Å². The van der Waals surface area contributed by atoms with E-state index in [0.717, 1.165) is 24.2 Å². The van der Waals surface area contributed by atoms with Crippen LogP contribution in [0.2, 0.25) is 0 Å². The van der Waals surface area contributed by atoms with Gasteiger partial charge in [-0.3, -0.25) is 0 Å². The van der Waals surface area contributed by atoms with Crippen molar-refractivity contribution in [1.29, 1.82) is 0 Å². The first kappa shape index (κ1) is 19.1. The Hall–Kier alpha value is -1.72. The van der Waals surface area contributed by atoms with Gasteiger partial charge < -0.3 is 19.5 Å². The number of hydrogen-bond acceptors (Lipinski definition) is 3. The molecule has 2 aromatic rings. The number of nitrogens with one attached hydrogen (secondary N) is 1. The molecule has 0 aromatic heterocycles. The molecule has 0 radical (unpaired) electrons. The molecule has 1 heterocycles. The lowest BCUT2D eigenvalue weighted by Crippen LogP contribution is -3.16. The maximum Gasteiger partial charge on any atom is 0.126 e. The van der Waals surface area contributed by atoms with Crippen molar-refractivity contribution in [3.63, 3.8) is 0 Å². The van der Waals surface area contributed by atoms with Crippen LogP contribution in [0.1, 0.15) is 31.1 Å². The van der Waals surface area contributed by atoms with Gasteiger partial charge in [0.2, 0.25) is 0 Å². The lowest BCUT2D eigenvalue weighted by atomic mass is 10.0. The van der Waals surface area contributed by atoms with Gasteiger partial charge in [-0.25, -0.2) is 0 Å². The van der Waals surface area contributed by atoms with E-state index >= 15 is 0 Å². The summed E-state index contributed by atoms with van der Waals surface area (Å²) in [5, 5.41) is 10.5. The highest BCUT2D eigenvalue weighted by Crippen LogP contribution is 2.25. The van der Waals surface area contributed by atoms with Crippen molar-refractivity contribution in [1.82, 2.24) is 0 Å². The van der Waals surface area contributed by atoms with Gasteiger partial charge in [-0.15, -0.1) is 0 Å². The molecule has 4 heteroatoms. The fourth-order valence-electron chi connectivity index (χ4n) is 3.80. The van der Waals surface area contributed by atoms with Crippen LogP contribution in [0.3, 0.4) is 0 Å². The predicted molar refractivity (Wildman–Crippen MR) is 102 cm³/mol. The summed E-state index contributed by atoms with van der Waals surface area (Å²) in [7, 11) is 0. The molecule has 26 heavy (non-hydrogen) atoms. The maximum atomic E-state index is 10.5. The van der Waals surface area contributed by atoms with Gasteiger partial charge in [-0.05, 0) is 25.0 Å². The first-order chi connectivity index (χ1) is 12.6. The number of hydrogen-bond donors (Lipinski definition) is 2. The molecule has 0 unspecified atom stereocenters. The van der Waals surface area contributed by atoms with Crippen LogP contribution in [-0.4, -0.2) is 49.7 Å². The number of quaternary nitrogens is 1. The SMILES string of the molecule is C[C@H]1C[NH+](C[C@H](O)COC(c2ccccc2)c2ccccc2)C[C@H](C)O1. The number of morpholine rings is 1. The van der Waals surface area contributed by atoms with Crippen molar-refractivity contribution in [3.8, 4) is 0 Å². The van der Waals surface area contributed by atoms with Gasteiger partial charge in [0.05, 0.1) is 6.61 Å². The quantitative estimate of drug-likeness (QED) is 0.796. The third-order valence-electron chi connectivity index (χ3n) is 4.80. The summed E-state index contributed by atoms with van der Waals surface area (Å²) in [6.07, 6.45) is -0.173.